The van der Waals surface area contributed by atoms with E-state index in [9.17, 15) is 4.79 Å². The van der Waals surface area contributed by atoms with Crippen molar-refractivity contribution in [2.45, 2.75) is 97.8 Å². The van der Waals surface area contributed by atoms with Crippen LogP contribution in [0.15, 0.2) is 0 Å². The maximum Gasteiger partial charge on any atom is 0.342 e. The molecule has 1 unspecified atom stereocenters. The van der Waals surface area contributed by atoms with E-state index in [1.165, 1.54) is 64.2 Å². The topological polar surface area (TPSA) is 46.5 Å². The van der Waals surface area contributed by atoms with Gasteiger partial charge in [-0.15, -0.1) is 0 Å². The van der Waals surface area contributed by atoms with E-state index >= 15 is 0 Å². The molecule has 4 saturated carbocycles. The molecular weight excluding hydrogens is 336 g/mol. The Kier molecular flexibility index (Phi) is 5.37. The van der Waals surface area contributed by atoms with Crippen molar-refractivity contribution in [2.75, 3.05) is 0 Å². The summed E-state index contributed by atoms with van der Waals surface area (Å²) in [6.45, 7) is 7.57. The van der Waals surface area contributed by atoms with Gasteiger partial charge in [0, 0.05) is 6.42 Å². The summed E-state index contributed by atoms with van der Waals surface area (Å²) >= 11 is 0. The average Bonchev–Trinajstić information content (AvgIpc) is 3.02. The van der Waals surface area contributed by atoms with E-state index in [0.29, 0.717) is 23.2 Å². The molecule has 3 nitrogen and oxygen atoms in total. The van der Waals surface area contributed by atoms with E-state index in [-0.39, 0.29) is 0 Å². The molecule has 0 radical (unpaired) electrons. The number of rotatable bonds is 4. The number of hydrogen-bond donors (Lipinski definition) is 1. The van der Waals surface area contributed by atoms with Gasteiger partial charge in [0.05, 0.1) is 0 Å². The smallest absolute Gasteiger partial charge is 0.301 e. The van der Waals surface area contributed by atoms with Crippen LogP contribution in [0.1, 0.15) is 97.8 Å². The van der Waals surface area contributed by atoms with Crippen LogP contribution >= 0.6 is 0 Å². The monoisotopic (exact) mass is 376 g/mol. The molecular formula is C24H40O3. The molecule has 0 bridgehead atoms. The van der Waals surface area contributed by atoms with Gasteiger partial charge in [-0.25, -0.2) is 4.79 Å². The fourth-order valence-corrected chi connectivity index (χ4v) is 8.86. The molecule has 154 valence electrons. The first-order valence-electron chi connectivity index (χ1n) is 11.7. The van der Waals surface area contributed by atoms with Gasteiger partial charge in [0.2, 0.25) is 0 Å². The Morgan fingerprint density at radius 1 is 1.00 bits per heavy atom. The van der Waals surface area contributed by atoms with Crippen LogP contribution in [0.5, 0.6) is 0 Å². The van der Waals surface area contributed by atoms with E-state index in [2.05, 4.69) is 25.7 Å². The maximum absolute atomic E-state index is 11.4. The van der Waals surface area contributed by atoms with E-state index in [1.807, 2.05) is 0 Å². The van der Waals surface area contributed by atoms with Crippen molar-refractivity contribution in [3.05, 3.63) is 0 Å². The number of hydrogen-bond acceptors (Lipinski definition) is 3. The molecule has 0 spiro atoms. The summed E-state index contributed by atoms with van der Waals surface area (Å²) in [4.78, 5) is 15.3. The van der Waals surface area contributed by atoms with E-state index in [1.54, 1.807) is 0 Å². The molecule has 0 aromatic heterocycles. The molecule has 0 heterocycles. The second-order valence-electron chi connectivity index (χ2n) is 11.1. The van der Waals surface area contributed by atoms with Crippen LogP contribution in [-0.2, 0) is 9.68 Å². The summed E-state index contributed by atoms with van der Waals surface area (Å²) in [5.74, 6) is 4.60. The molecule has 1 N–H and O–H groups in total. The summed E-state index contributed by atoms with van der Waals surface area (Å²) in [5, 5.41) is 8.55. The molecule has 0 amide bonds. The first-order chi connectivity index (χ1) is 12.9. The predicted octanol–water partition coefficient (Wildman–Crippen LogP) is 6.47. The van der Waals surface area contributed by atoms with Gasteiger partial charge in [-0.2, -0.15) is 5.26 Å². The van der Waals surface area contributed by atoms with Gasteiger partial charge in [0.15, 0.2) is 0 Å². The van der Waals surface area contributed by atoms with Crippen molar-refractivity contribution in [3.8, 4) is 0 Å². The zero-order chi connectivity index (χ0) is 19.2. The second kappa shape index (κ2) is 7.35. The van der Waals surface area contributed by atoms with Gasteiger partial charge in [-0.05, 0) is 104 Å². The molecule has 0 aromatic rings. The molecule has 0 saturated heterocycles. The Morgan fingerprint density at radius 2 is 1.78 bits per heavy atom. The van der Waals surface area contributed by atoms with E-state index in [4.69, 9.17) is 5.26 Å². The lowest BCUT2D eigenvalue weighted by Crippen LogP contribution is -2.53. The highest BCUT2D eigenvalue weighted by Crippen LogP contribution is 2.68. The van der Waals surface area contributed by atoms with Gasteiger partial charge < -0.3 is 4.89 Å². The third-order valence-corrected chi connectivity index (χ3v) is 10.2. The molecule has 27 heavy (non-hydrogen) atoms. The summed E-state index contributed by atoms with van der Waals surface area (Å²) in [5.41, 5.74) is 1.08. The minimum absolute atomic E-state index is 0.348. The lowest BCUT2D eigenvalue weighted by molar-refractivity contribution is -0.234. The quantitative estimate of drug-likeness (QED) is 0.452. The number of fused-ring (bicyclic) bond motifs is 5. The zero-order valence-electron chi connectivity index (χ0n) is 17.7. The van der Waals surface area contributed by atoms with Crippen LogP contribution in [0.3, 0.4) is 0 Å². The third kappa shape index (κ3) is 3.16. The maximum atomic E-state index is 11.4. The Balaban J connectivity index is 1.49. The van der Waals surface area contributed by atoms with Gasteiger partial charge >= 0.3 is 5.97 Å². The van der Waals surface area contributed by atoms with Crippen LogP contribution in [0.2, 0.25) is 0 Å². The SMILES string of the molecule is C[C@H](CCC(=O)OO)[C@H]1CC[C@H]2[C@@H]3CCC4CCCC[C@]4(C)[C@H]3CC[C@]12C. The minimum atomic E-state index is -0.478. The van der Waals surface area contributed by atoms with Crippen LogP contribution in [0, 0.1) is 46.3 Å². The Labute approximate surface area is 165 Å². The van der Waals surface area contributed by atoms with E-state index in [0.717, 1.165) is 36.0 Å². The van der Waals surface area contributed by atoms with Gasteiger partial charge in [0.25, 0.3) is 0 Å². The van der Waals surface area contributed by atoms with Crippen molar-refractivity contribution >= 4 is 5.97 Å². The predicted molar refractivity (Wildman–Crippen MR) is 107 cm³/mol. The number of carbonyl (C=O) groups is 1. The highest BCUT2D eigenvalue weighted by molar-refractivity contribution is 5.68. The van der Waals surface area contributed by atoms with Gasteiger partial charge in [0.1, 0.15) is 0 Å². The molecule has 8 atom stereocenters. The highest BCUT2D eigenvalue weighted by Gasteiger charge is 2.60. The summed E-state index contributed by atoms with van der Waals surface area (Å²) < 4.78 is 0. The van der Waals surface area contributed by atoms with Crippen LogP contribution < -0.4 is 0 Å². The summed E-state index contributed by atoms with van der Waals surface area (Å²) in [6.07, 6.45) is 15.6. The summed E-state index contributed by atoms with van der Waals surface area (Å²) in [6, 6.07) is 0. The van der Waals surface area contributed by atoms with Crippen molar-refractivity contribution < 1.29 is 14.9 Å². The first kappa shape index (κ1) is 19.7. The lowest BCUT2D eigenvalue weighted by atomic mass is 9.44. The Bertz CT molecular complexity index is 560. The largest absolute Gasteiger partial charge is 0.342 e. The van der Waals surface area contributed by atoms with Crippen LogP contribution in [0.25, 0.3) is 0 Å². The minimum Gasteiger partial charge on any atom is -0.301 e. The Hall–Kier alpha value is -0.570. The lowest BCUT2D eigenvalue weighted by Gasteiger charge is -2.61. The van der Waals surface area contributed by atoms with Gasteiger partial charge in [-0.3, -0.25) is 0 Å². The van der Waals surface area contributed by atoms with Crippen molar-refractivity contribution in [1.82, 2.24) is 0 Å². The normalized spacial score (nSPS) is 47.5. The molecule has 4 rings (SSSR count). The molecule has 0 aliphatic heterocycles. The van der Waals surface area contributed by atoms with Gasteiger partial charge in [-0.1, -0.05) is 33.6 Å². The third-order valence-electron chi connectivity index (χ3n) is 10.2. The standard InChI is InChI=1S/C24H40O3/c1-16(7-12-22(25)27-26)19-10-11-20-18-9-8-17-6-4-5-14-23(17,2)21(18)13-15-24(19,20)3/h16-21,26H,4-15H2,1-3H3/t16-,17?,18+,19-,20+,21+,23+,24-/m1/s1. The Morgan fingerprint density at radius 3 is 2.56 bits per heavy atom. The molecule has 3 heteroatoms. The van der Waals surface area contributed by atoms with Crippen molar-refractivity contribution in [1.29, 1.82) is 0 Å². The van der Waals surface area contributed by atoms with Crippen LogP contribution in [-0.4, -0.2) is 11.2 Å². The molecule has 0 aromatic carbocycles. The molecule has 4 aliphatic rings. The van der Waals surface area contributed by atoms with Crippen LogP contribution in [0.4, 0.5) is 0 Å². The molecule has 4 fully saturated rings. The average molecular weight is 377 g/mol. The highest BCUT2D eigenvalue weighted by atomic mass is 17.1. The first-order valence-corrected chi connectivity index (χ1v) is 11.7. The summed E-state index contributed by atoms with van der Waals surface area (Å²) in [7, 11) is 0. The van der Waals surface area contributed by atoms with Crippen molar-refractivity contribution in [3.63, 3.8) is 0 Å². The molecule has 4 aliphatic carbocycles. The zero-order valence-corrected chi connectivity index (χ0v) is 17.7. The second-order valence-corrected chi connectivity index (χ2v) is 11.1. The fraction of sp³-hybridized carbons (Fsp3) is 0.958. The fourth-order valence-electron chi connectivity index (χ4n) is 8.86. The number of carbonyl (C=O) groups excluding carboxylic acids is 1. The van der Waals surface area contributed by atoms with E-state index < -0.39 is 5.97 Å². The van der Waals surface area contributed by atoms with Crippen molar-refractivity contribution in [2.24, 2.45) is 46.3 Å².